The van der Waals surface area contributed by atoms with Gasteiger partial charge in [0.25, 0.3) is 0 Å². The van der Waals surface area contributed by atoms with Gasteiger partial charge in [0, 0.05) is 12.2 Å². The molecule has 2 heteroatoms. The summed E-state index contributed by atoms with van der Waals surface area (Å²) >= 11 is 0. The lowest BCUT2D eigenvalue weighted by Crippen LogP contribution is -2.17. The zero-order valence-electron chi connectivity index (χ0n) is 14.4. The summed E-state index contributed by atoms with van der Waals surface area (Å²) in [6, 6.07) is 29.2. The Morgan fingerprint density at radius 3 is 1.88 bits per heavy atom. The summed E-state index contributed by atoms with van der Waals surface area (Å²) in [5, 5.41) is 3.51. The van der Waals surface area contributed by atoms with E-state index in [1.54, 1.807) is 0 Å². The van der Waals surface area contributed by atoms with Crippen molar-refractivity contribution >= 4 is 11.3 Å². The molecular weight excluding hydrogens is 304 g/mol. The van der Waals surface area contributed by atoms with Crippen LogP contribution in [0.1, 0.15) is 16.7 Å². The van der Waals surface area contributed by atoms with Gasteiger partial charge in [0.1, 0.15) is 0 Å². The Labute approximate surface area is 150 Å². The van der Waals surface area contributed by atoms with E-state index < -0.39 is 0 Å². The lowest BCUT2D eigenvalue weighted by molar-refractivity contribution is 0.745. The Morgan fingerprint density at radius 1 is 0.760 bits per heavy atom. The Morgan fingerprint density at radius 2 is 1.32 bits per heavy atom. The van der Waals surface area contributed by atoms with Crippen LogP contribution in [0, 0.1) is 0 Å². The third-order valence-corrected chi connectivity index (χ3v) is 4.19. The molecule has 0 radical (unpaired) electrons. The minimum atomic E-state index is 0.815. The molecule has 0 atom stereocenters. The van der Waals surface area contributed by atoms with Gasteiger partial charge in [-0.05, 0) is 47.4 Å². The van der Waals surface area contributed by atoms with Crippen LogP contribution in [0.4, 0.5) is 5.69 Å². The molecule has 0 amide bonds. The topological polar surface area (TPSA) is 38.0 Å². The monoisotopic (exact) mass is 328 g/mol. The SMILES string of the molecule is Nc1ccc(CCNCC=C(c2ccccc2)c2ccccc2)cc1. The van der Waals surface area contributed by atoms with E-state index in [1.807, 2.05) is 12.1 Å². The molecule has 3 aromatic carbocycles. The first-order valence-electron chi connectivity index (χ1n) is 8.69. The summed E-state index contributed by atoms with van der Waals surface area (Å²) in [6.07, 6.45) is 3.27. The maximum absolute atomic E-state index is 5.72. The second kappa shape index (κ2) is 8.86. The van der Waals surface area contributed by atoms with Gasteiger partial charge in [-0.2, -0.15) is 0 Å². The highest BCUT2D eigenvalue weighted by Gasteiger charge is 2.03. The van der Waals surface area contributed by atoms with Crippen molar-refractivity contribution in [3.05, 3.63) is 108 Å². The van der Waals surface area contributed by atoms with E-state index in [4.69, 9.17) is 5.73 Å². The number of rotatable bonds is 7. The highest BCUT2D eigenvalue weighted by molar-refractivity contribution is 5.79. The number of nitrogen functional groups attached to an aromatic ring is 1. The van der Waals surface area contributed by atoms with Gasteiger partial charge in [0.15, 0.2) is 0 Å². The Kier molecular flexibility index (Phi) is 6.02. The van der Waals surface area contributed by atoms with Gasteiger partial charge in [-0.25, -0.2) is 0 Å². The van der Waals surface area contributed by atoms with Crippen molar-refractivity contribution in [1.82, 2.24) is 5.32 Å². The Bertz CT molecular complexity index is 749. The zero-order chi connectivity index (χ0) is 17.3. The van der Waals surface area contributed by atoms with Crippen LogP contribution in [0.3, 0.4) is 0 Å². The van der Waals surface area contributed by atoms with E-state index in [0.717, 1.165) is 25.2 Å². The van der Waals surface area contributed by atoms with Gasteiger partial charge in [0.05, 0.1) is 0 Å². The van der Waals surface area contributed by atoms with Crippen molar-refractivity contribution in [2.75, 3.05) is 18.8 Å². The van der Waals surface area contributed by atoms with Gasteiger partial charge in [-0.3, -0.25) is 0 Å². The minimum Gasteiger partial charge on any atom is -0.399 e. The van der Waals surface area contributed by atoms with Crippen LogP contribution in [0.15, 0.2) is 91.0 Å². The number of nitrogens with two attached hydrogens (primary N) is 1. The fourth-order valence-electron chi connectivity index (χ4n) is 2.83. The molecule has 0 aromatic heterocycles. The number of benzene rings is 3. The molecule has 0 bridgehead atoms. The van der Waals surface area contributed by atoms with Crippen LogP contribution in [0.25, 0.3) is 5.57 Å². The van der Waals surface area contributed by atoms with Crippen LogP contribution in [0.2, 0.25) is 0 Å². The maximum Gasteiger partial charge on any atom is 0.0314 e. The molecule has 0 saturated carbocycles. The molecule has 2 nitrogen and oxygen atoms in total. The van der Waals surface area contributed by atoms with Gasteiger partial charge >= 0.3 is 0 Å². The van der Waals surface area contributed by atoms with Crippen LogP contribution < -0.4 is 11.1 Å². The molecular formula is C23H24N2. The predicted molar refractivity (Wildman–Crippen MR) is 107 cm³/mol. The molecule has 25 heavy (non-hydrogen) atoms. The van der Waals surface area contributed by atoms with Crippen LogP contribution >= 0.6 is 0 Å². The molecule has 3 aromatic rings. The summed E-state index contributed by atoms with van der Waals surface area (Å²) in [4.78, 5) is 0. The molecule has 0 aliphatic rings. The second-order valence-corrected chi connectivity index (χ2v) is 6.05. The lowest BCUT2D eigenvalue weighted by atomic mass is 9.97. The average molecular weight is 328 g/mol. The molecule has 3 rings (SSSR count). The van der Waals surface area contributed by atoms with Gasteiger partial charge in [0.2, 0.25) is 0 Å². The first-order valence-corrected chi connectivity index (χ1v) is 8.69. The van der Waals surface area contributed by atoms with Gasteiger partial charge in [-0.15, -0.1) is 0 Å². The summed E-state index contributed by atoms with van der Waals surface area (Å²) in [7, 11) is 0. The third-order valence-electron chi connectivity index (χ3n) is 4.19. The van der Waals surface area contributed by atoms with Gasteiger partial charge < -0.3 is 11.1 Å². The predicted octanol–water partition coefficient (Wildman–Crippen LogP) is 4.53. The van der Waals surface area contributed by atoms with E-state index in [1.165, 1.54) is 22.3 Å². The van der Waals surface area contributed by atoms with Crippen molar-refractivity contribution in [2.24, 2.45) is 0 Å². The molecule has 3 N–H and O–H groups in total. The Hall–Kier alpha value is -2.84. The first-order chi connectivity index (χ1) is 12.3. The molecule has 0 spiro atoms. The highest BCUT2D eigenvalue weighted by atomic mass is 14.8. The standard InChI is InChI=1S/C23H24N2/c24-22-13-11-19(12-14-22)15-17-25-18-16-23(20-7-3-1-4-8-20)21-9-5-2-6-10-21/h1-14,16,25H,15,17-18,24H2. The van der Waals surface area contributed by atoms with Gasteiger partial charge in [-0.1, -0.05) is 78.9 Å². The summed E-state index contributed by atoms with van der Waals surface area (Å²) in [5.41, 5.74) is 11.6. The fraction of sp³-hybridized carbons (Fsp3) is 0.130. The normalized spacial score (nSPS) is 10.4. The molecule has 0 unspecified atom stereocenters. The van der Waals surface area contributed by atoms with Crippen LogP contribution in [-0.2, 0) is 6.42 Å². The van der Waals surface area contributed by atoms with E-state index >= 15 is 0 Å². The maximum atomic E-state index is 5.72. The molecule has 0 heterocycles. The van der Waals surface area contributed by atoms with E-state index in [-0.39, 0.29) is 0 Å². The van der Waals surface area contributed by atoms with Crippen LogP contribution in [0.5, 0.6) is 0 Å². The average Bonchev–Trinajstić information content (AvgIpc) is 2.67. The third kappa shape index (κ3) is 5.07. The zero-order valence-corrected chi connectivity index (χ0v) is 14.4. The quantitative estimate of drug-likeness (QED) is 0.494. The second-order valence-electron chi connectivity index (χ2n) is 6.05. The lowest BCUT2D eigenvalue weighted by Gasteiger charge is -2.09. The highest BCUT2D eigenvalue weighted by Crippen LogP contribution is 2.22. The van der Waals surface area contributed by atoms with E-state index in [9.17, 15) is 0 Å². The number of nitrogens with one attached hydrogen (secondary N) is 1. The van der Waals surface area contributed by atoms with Crippen molar-refractivity contribution in [2.45, 2.75) is 6.42 Å². The molecule has 0 aliphatic carbocycles. The van der Waals surface area contributed by atoms with Crippen molar-refractivity contribution < 1.29 is 0 Å². The molecule has 0 saturated heterocycles. The molecule has 0 aliphatic heterocycles. The number of anilines is 1. The summed E-state index contributed by atoms with van der Waals surface area (Å²) in [6.45, 7) is 1.78. The smallest absolute Gasteiger partial charge is 0.0314 e. The molecule has 126 valence electrons. The van der Waals surface area contributed by atoms with E-state index in [2.05, 4.69) is 84.2 Å². The summed E-state index contributed by atoms with van der Waals surface area (Å²) in [5.74, 6) is 0. The van der Waals surface area contributed by atoms with Crippen molar-refractivity contribution in [3.8, 4) is 0 Å². The largest absolute Gasteiger partial charge is 0.399 e. The summed E-state index contributed by atoms with van der Waals surface area (Å²) < 4.78 is 0. The number of hydrogen-bond acceptors (Lipinski definition) is 2. The first kappa shape index (κ1) is 17.0. The number of hydrogen-bond donors (Lipinski definition) is 2. The van der Waals surface area contributed by atoms with E-state index in [0.29, 0.717) is 0 Å². The fourth-order valence-corrected chi connectivity index (χ4v) is 2.83. The van der Waals surface area contributed by atoms with Crippen LogP contribution in [-0.4, -0.2) is 13.1 Å². The Balaban J connectivity index is 1.62. The molecule has 0 fully saturated rings. The minimum absolute atomic E-state index is 0.815. The van der Waals surface area contributed by atoms with Crippen molar-refractivity contribution in [3.63, 3.8) is 0 Å². The van der Waals surface area contributed by atoms with Crippen molar-refractivity contribution in [1.29, 1.82) is 0 Å².